The quantitative estimate of drug-likeness (QED) is 0.270. The van der Waals surface area contributed by atoms with Gasteiger partial charge in [-0.15, -0.1) is 0 Å². The summed E-state index contributed by atoms with van der Waals surface area (Å²) in [6, 6.07) is 19.3. The highest BCUT2D eigenvalue weighted by Gasteiger charge is 2.19. The van der Waals surface area contributed by atoms with Crippen molar-refractivity contribution >= 4 is 44.7 Å². The Kier molecular flexibility index (Phi) is 7.91. The van der Waals surface area contributed by atoms with E-state index in [1.807, 2.05) is 32.3 Å². The summed E-state index contributed by atoms with van der Waals surface area (Å²) in [5.74, 6) is 0.189. The Morgan fingerprint density at radius 1 is 0.974 bits per heavy atom. The maximum Gasteiger partial charge on any atom is 0.413 e. The van der Waals surface area contributed by atoms with Gasteiger partial charge in [0, 0.05) is 29.4 Å². The van der Waals surface area contributed by atoms with E-state index in [1.54, 1.807) is 54.6 Å². The fraction of sp³-hybridized carbons (Fsp3) is 0.250. The van der Waals surface area contributed by atoms with E-state index in [1.165, 1.54) is 18.2 Å². The molecule has 0 spiro atoms. The molecule has 204 valence electrons. The van der Waals surface area contributed by atoms with Gasteiger partial charge in [-0.1, -0.05) is 31.2 Å². The standard InChI is InChI=1S/C28H31N5O5S/c1-5-16-33-24-15-14-21(38-27(35)31-28(2,3)4)18-23(24)29-26(33)30-25(34)19-10-9-11-20(17-19)32-39(36,37)22-12-7-6-8-13-22/h6-15,17-18,32H,5,16H2,1-4H3,(H,31,35)(H,29,30,34). The molecule has 0 atom stereocenters. The number of nitrogens with one attached hydrogen (secondary N) is 3. The highest BCUT2D eigenvalue weighted by atomic mass is 32.2. The van der Waals surface area contributed by atoms with Gasteiger partial charge in [0.05, 0.1) is 15.9 Å². The van der Waals surface area contributed by atoms with Crippen molar-refractivity contribution in [3.05, 3.63) is 78.4 Å². The van der Waals surface area contributed by atoms with Crippen LogP contribution in [0, 0.1) is 0 Å². The first kappa shape index (κ1) is 27.6. The lowest BCUT2D eigenvalue weighted by Crippen LogP contribution is -2.42. The van der Waals surface area contributed by atoms with E-state index in [2.05, 4.69) is 20.3 Å². The van der Waals surface area contributed by atoms with Crippen LogP contribution in [0.15, 0.2) is 77.7 Å². The zero-order chi connectivity index (χ0) is 28.2. The van der Waals surface area contributed by atoms with E-state index in [9.17, 15) is 18.0 Å². The molecule has 0 aliphatic heterocycles. The van der Waals surface area contributed by atoms with E-state index in [0.717, 1.165) is 11.9 Å². The summed E-state index contributed by atoms with van der Waals surface area (Å²) >= 11 is 0. The zero-order valence-corrected chi connectivity index (χ0v) is 23.0. The second kappa shape index (κ2) is 11.2. The van der Waals surface area contributed by atoms with Crippen LogP contribution in [0.25, 0.3) is 11.0 Å². The van der Waals surface area contributed by atoms with Crippen molar-refractivity contribution in [1.29, 1.82) is 0 Å². The molecule has 4 aromatic rings. The average molecular weight is 550 g/mol. The highest BCUT2D eigenvalue weighted by Crippen LogP contribution is 2.26. The zero-order valence-electron chi connectivity index (χ0n) is 22.2. The Balaban J connectivity index is 1.56. The Hall–Kier alpha value is -4.38. The van der Waals surface area contributed by atoms with Crippen molar-refractivity contribution < 1.29 is 22.7 Å². The van der Waals surface area contributed by atoms with Gasteiger partial charge in [-0.05, 0) is 69.7 Å². The van der Waals surface area contributed by atoms with Crippen molar-refractivity contribution in [2.75, 3.05) is 10.0 Å². The lowest BCUT2D eigenvalue weighted by atomic mass is 10.1. The van der Waals surface area contributed by atoms with E-state index in [4.69, 9.17) is 4.74 Å². The number of fused-ring (bicyclic) bond motifs is 1. The number of hydrogen-bond donors (Lipinski definition) is 3. The van der Waals surface area contributed by atoms with Crippen LogP contribution >= 0.6 is 0 Å². The van der Waals surface area contributed by atoms with Crippen molar-refractivity contribution in [2.24, 2.45) is 0 Å². The first-order valence-electron chi connectivity index (χ1n) is 12.4. The first-order chi connectivity index (χ1) is 18.4. The number of aromatic nitrogens is 2. The molecule has 0 radical (unpaired) electrons. The number of aryl methyl sites for hydroxylation is 1. The van der Waals surface area contributed by atoms with E-state index >= 15 is 0 Å². The van der Waals surface area contributed by atoms with Crippen LogP contribution in [0.5, 0.6) is 5.75 Å². The molecule has 0 aliphatic carbocycles. The molecule has 1 heterocycles. The smallest absolute Gasteiger partial charge is 0.410 e. The maximum absolute atomic E-state index is 13.2. The number of carbonyl (C=O) groups is 2. The number of nitrogens with zero attached hydrogens (tertiary/aromatic N) is 2. The van der Waals surface area contributed by atoms with Gasteiger partial charge in [-0.25, -0.2) is 18.2 Å². The number of ether oxygens (including phenoxy) is 1. The minimum absolute atomic E-state index is 0.118. The molecule has 0 unspecified atom stereocenters. The maximum atomic E-state index is 13.2. The van der Waals surface area contributed by atoms with Crippen molar-refractivity contribution in [3.63, 3.8) is 0 Å². The molecule has 0 saturated carbocycles. The third kappa shape index (κ3) is 6.94. The third-order valence-corrected chi connectivity index (χ3v) is 6.91. The average Bonchev–Trinajstić information content (AvgIpc) is 3.19. The molecule has 3 N–H and O–H groups in total. The van der Waals surface area contributed by atoms with Crippen LogP contribution in [-0.2, 0) is 16.6 Å². The van der Waals surface area contributed by atoms with Gasteiger partial charge < -0.3 is 14.6 Å². The van der Waals surface area contributed by atoms with Gasteiger partial charge in [-0.3, -0.25) is 14.8 Å². The Bertz CT molecular complexity index is 1610. The summed E-state index contributed by atoms with van der Waals surface area (Å²) < 4.78 is 35.2. The Morgan fingerprint density at radius 3 is 2.41 bits per heavy atom. The van der Waals surface area contributed by atoms with Gasteiger partial charge in [0.15, 0.2) is 0 Å². The Labute approximate surface area is 227 Å². The number of anilines is 2. The number of benzene rings is 3. The van der Waals surface area contributed by atoms with Crippen LogP contribution in [-0.4, -0.2) is 35.5 Å². The summed E-state index contributed by atoms with van der Waals surface area (Å²) in [4.78, 5) is 30.0. The second-order valence-electron chi connectivity index (χ2n) is 9.96. The molecule has 3 aromatic carbocycles. The lowest BCUT2D eigenvalue weighted by molar-refractivity contribution is 0.102. The number of amides is 2. The van der Waals surface area contributed by atoms with Crippen LogP contribution in [0.3, 0.4) is 0 Å². The van der Waals surface area contributed by atoms with Gasteiger partial charge >= 0.3 is 6.09 Å². The largest absolute Gasteiger partial charge is 0.413 e. The molecule has 2 amide bonds. The molecular formula is C28H31N5O5S. The topological polar surface area (TPSA) is 131 Å². The molecular weight excluding hydrogens is 518 g/mol. The number of rotatable bonds is 8. The van der Waals surface area contributed by atoms with E-state index in [0.29, 0.717) is 23.8 Å². The molecule has 0 saturated heterocycles. The van der Waals surface area contributed by atoms with E-state index < -0.39 is 27.6 Å². The van der Waals surface area contributed by atoms with Gasteiger partial charge in [0.2, 0.25) is 5.95 Å². The SMILES string of the molecule is CCCn1c(NC(=O)c2cccc(NS(=O)(=O)c3ccccc3)c2)nc2cc(OC(=O)NC(C)(C)C)ccc21. The summed E-state index contributed by atoms with van der Waals surface area (Å²) in [5, 5.41) is 5.57. The predicted molar refractivity (Wildman–Crippen MR) is 151 cm³/mol. The second-order valence-corrected chi connectivity index (χ2v) is 11.6. The van der Waals surface area contributed by atoms with Crippen LogP contribution in [0.2, 0.25) is 0 Å². The minimum Gasteiger partial charge on any atom is -0.410 e. The van der Waals surface area contributed by atoms with Crippen LogP contribution < -0.4 is 20.1 Å². The summed E-state index contributed by atoms with van der Waals surface area (Å²) in [6.45, 7) is 8.16. The Morgan fingerprint density at radius 2 is 1.72 bits per heavy atom. The number of imidazole rings is 1. The number of carbonyl (C=O) groups excluding carboxylic acids is 2. The van der Waals surface area contributed by atoms with Crippen LogP contribution in [0.1, 0.15) is 44.5 Å². The fourth-order valence-corrected chi connectivity index (χ4v) is 4.94. The van der Waals surface area contributed by atoms with Gasteiger partial charge in [0.1, 0.15) is 5.75 Å². The minimum atomic E-state index is -3.81. The lowest BCUT2D eigenvalue weighted by Gasteiger charge is -2.19. The van der Waals surface area contributed by atoms with Gasteiger partial charge in [-0.2, -0.15) is 0 Å². The van der Waals surface area contributed by atoms with Gasteiger partial charge in [0.25, 0.3) is 15.9 Å². The molecule has 39 heavy (non-hydrogen) atoms. The molecule has 0 bridgehead atoms. The molecule has 11 heteroatoms. The monoisotopic (exact) mass is 549 g/mol. The first-order valence-corrected chi connectivity index (χ1v) is 13.9. The van der Waals surface area contributed by atoms with E-state index in [-0.39, 0.29) is 16.1 Å². The van der Waals surface area contributed by atoms with Crippen molar-refractivity contribution in [2.45, 2.75) is 51.1 Å². The molecule has 4 rings (SSSR count). The van der Waals surface area contributed by atoms with Crippen molar-refractivity contribution in [3.8, 4) is 5.75 Å². The summed E-state index contributed by atoms with van der Waals surface area (Å²) in [5.41, 5.74) is 1.37. The summed E-state index contributed by atoms with van der Waals surface area (Å²) in [6.07, 6.45) is 0.211. The number of sulfonamides is 1. The fourth-order valence-electron chi connectivity index (χ4n) is 3.87. The normalized spacial score (nSPS) is 11.7. The molecule has 0 fully saturated rings. The van der Waals surface area contributed by atoms with Crippen molar-refractivity contribution in [1.82, 2.24) is 14.9 Å². The summed E-state index contributed by atoms with van der Waals surface area (Å²) in [7, 11) is -3.81. The number of hydrogen-bond acceptors (Lipinski definition) is 6. The predicted octanol–water partition coefficient (Wildman–Crippen LogP) is 5.39. The highest BCUT2D eigenvalue weighted by molar-refractivity contribution is 7.92. The molecule has 0 aliphatic rings. The molecule has 10 nitrogen and oxygen atoms in total. The third-order valence-electron chi connectivity index (χ3n) is 5.51. The molecule has 1 aromatic heterocycles. The van der Waals surface area contributed by atoms with Crippen LogP contribution in [0.4, 0.5) is 16.4 Å².